The quantitative estimate of drug-likeness (QED) is 0.207. The van der Waals surface area contributed by atoms with E-state index in [9.17, 15) is 4.79 Å². The molecular weight excluding hydrogens is 365 g/mol. The topological polar surface area (TPSA) is 67.5 Å². The molecule has 0 saturated carbocycles. The van der Waals surface area contributed by atoms with Gasteiger partial charge >= 0.3 is 149 Å². The van der Waals surface area contributed by atoms with Gasteiger partial charge in [0.25, 0.3) is 0 Å². The Bertz CT molecular complexity index is 694. The van der Waals surface area contributed by atoms with Gasteiger partial charge in [0.2, 0.25) is 0 Å². The van der Waals surface area contributed by atoms with E-state index in [2.05, 4.69) is 10.4 Å². The summed E-state index contributed by atoms with van der Waals surface area (Å²) in [4.78, 5) is 17.4. The number of aliphatic imine (C=N–C) groups is 1. The fraction of sp³-hybridized carbons (Fsp3) is 0.263. The predicted molar refractivity (Wildman–Crippen MR) is 100 cm³/mol. The standard InChI is InChI=1S/C19H23N3OSe/c1-19(2,3)21-18(22-20)24-17(15-12-8-5-9-13-15)16(23)14-10-6-4-7-11-14/h4-13,17H,20H2,1-3H3,(H,21,22). The number of hydrogen-bond acceptors (Lipinski definition) is 3. The second-order valence-corrected chi connectivity index (χ2v) is 8.67. The molecule has 2 rings (SSSR count). The Morgan fingerprint density at radius 3 is 2.08 bits per heavy atom. The number of carbonyl (C=O) groups excluding carboxylic acids is 1. The van der Waals surface area contributed by atoms with Crippen LogP contribution >= 0.6 is 0 Å². The Hall–Kier alpha value is -1.94. The van der Waals surface area contributed by atoms with Gasteiger partial charge in [-0.1, -0.05) is 0 Å². The summed E-state index contributed by atoms with van der Waals surface area (Å²) in [5, 5.41) is 0. The summed E-state index contributed by atoms with van der Waals surface area (Å²) < 4.78 is 0.688. The van der Waals surface area contributed by atoms with Gasteiger partial charge in [-0.05, 0) is 0 Å². The molecule has 0 amide bonds. The molecule has 3 N–H and O–H groups in total. The monoisotopic (exact) mass is 389 g/mol. The summed E-state index contributed by atoms with van der Waals surface area (Å²) in [6.07, 6.45) is 0. The molecule has 24 heavy (non-hydrogen) atoms. The Kier molecular flexibility index (Phi) is 6.32. The molecule has 2 aromatic rings. The first kappa shape index (κ1) is 18.4. The maximum atomic E-state index is 13.1. The van der Waals surface area contributed by atoms with Crippen LogP contribution in [-0.4, -0.2) is 31.0 Å². The van der Waals surface area contributed by atoms with Crippen LogP contribution in [0, 0.1) is 0 Å². The van der Waals surface area contributed by atoms with Gasteiger partial charge in [0, 0.05) is 0 Å². The van der Waals surface area contributed by atoms with Gasteiger partial charge in [-0.2, -0.15) is 0 Å². The van der Waals surface area contributed by atoms with Crippen LogP contribution in [0.3, 0.4) is 0 Å². The van der Waals surface area contributed by atoms with E-state index in [1.165, 1.54) is 0 Å². The average molecular weight is 388 g/mol. The number of nitrogens with two attached hydrogens (primary N) is 1. The number of hydrogen-bond donors (Lipinski definition) is 2. The SMILES string of the molecule is CC(C)(C)N=C(NN)[Se]C(C(=O)c1ccccc1)c1ccccc1. The Morgan fingerprint density at radius 1 is 1.04 bits per heavy atom. The fourth-order valence-corrected chi connectivity index (χ4v) is 4.59. The van der Waals surface area contributed by atoms with Crippen molar-refractivity contribution in [1.82, 2.24) is 5.43 Å². The van der Waals surface area contributed by atoms with E-state index in [1.807, 2.05) is 81.4 Å². The zero-order valence-corrected chi connectivity index (χ0v) is 15.9. The van der Waals surface area contributed by atoms with Gasteiger partial charge in [-0.25, -0.2) is 0 Å². The van der Waals surface area contributed by atoms with Crippen LogP contribution in [-0.2, 0) is 0 Å². The van der Waals surface area contributed by atoms with Crippen molar-refractivity contribution in [2.24, 2.45) is 10.8 Å². The van der Waals surface area contributed by atoms with E-state index >= 15 is 0 Å². The summed E-state index contributed by atoms with van der Waals surface area (Å²) >= 11 is -0.240. The van der Waals surface area contributed by atoms with Crippen LogP contribution in [0.1, 0.15) is 41.5 Å². The van der Waals surface area contributed by atoms with Crippen LogP contribution in [0.15, 0.2) is 65.7 Å². The number of benzene rings is 2. The molecule has 0 bridgehead atoms. The number of nitrogens with zero attached hydrogens (tertiary/aromatic N) is 1. The van der Waals surface area contributed by atoms with Crippen molar-refractivity contribution in [3.05, 3.63) is 71.8 Å². The molecule has 4 nitrogen and oxygen atoms in total. The molecule has 0 aliphatic rings. The number of nitrogens with one attached hydrogen (secondary N) is 1. The van der Waals surface area contributed by atoms with E-state index in [4.69, 9.17) is 5.84 Å². The van der Waals surface area contributed by atoms with E-state index in [0.29, 0.717) is 10.3 Å². The predicted octanol–water partition coefficient (Wildman–Crippen LogP) is 2.93. The molecule has 0 aliphatic heterocycles. The molecule has 0 aromatic heterocycles. The van der Waals surface area contributed by atoms with Gasteiger partial charge in [-0.3, -0.25) is 0 Å². The maximum absolute atomic E-state index is 13.1. The molecule has 0 radical (unpaired) electrons. The van der Waals surface area contributed by atoms with Crippen molar-refractivity contribution < 1.29 is 4.79 Å². The second kappa shape index (κ2) is 8.24. The van der Waals surface area contributed by atoms with Gasteiger partial charge in [0.05, 0.1) is 0 Å². The van der Waals surface area contributed by atoms with Crippen molar-refractivity contribution in [3.63, 3.8) is 0 Å². The first-order valence-corrected chi connectivity index (χ1v) is 9.62. The third-order valence-electron chi connectivity index (χ3n) is 3.19. The number of amidine groups is 1. The fourth-order valence-electron chi connectivity index (χ4n) is 2.16. The van der Waals surface area contributed by atoms with Gasteiger partial charge in [-0.15, -0.1) is 0 Å². The van der Waals surface area contributed by atoms with Crippen LogP contribution in [0.5, 0.6) is 0 Å². The first-order chi connectivity index (χ1) is 11.4. The number of Topliss-reactive ketones (excluding diaryl/α,β-unsaturated/α-hetero) is 1. The van der Waals surface area contributed by atoms with Crippen molar-refractivity contribution in [1.29, 1.82) is 0 Å². The molecule has 0 fully saturated rings. The van der Waals surface area contributed by atoms with Gasteiger partial charge in [0.1, 0.15) is 0 Å². The summed E-state index contributed by atoms with van der Waals surface area (Å²) in [5.74, 6) is 5.76. The molecule has 126 valence electrons. The normalized spacial score (nSPS) is 13.4. The third kappa shape index (κ3) is 5.31. The van der Waals surface area contributed by atoms with E-state index in [0.717, 1.165) is 5.56 Å². The molecular formula is C19H23N3OSe. The Morgan fingerprint density at radius 2 is 1.58 bits per heavy atom. The summed E-state index contributed by atoms with van der Waals surface area (Å²) in [6.45, 7) is 6.03. The van der Waals surface area contributed by atoms with Crippen LogP contribution in [0.2, 0.25) is 0 Å². The number of carbonyl (C=O) groups is 1. The van der Waals surface area contributed by atoms with Crippen molar-refractivity contribution in [2.45, 2.75) is 31.1 Å². The third-order valence-corrected chi connectivity index (χ3v) is 5.61. The number of hydrazine groups is 1. The number of rotatable bonds is 5. The molecule has 1 atom stereocenters. The molecule has 1 unspecified atom stereocenters. The van der Waals surface area contributed by atoms with Gasteiger partial charge in [0.15, 0.2) is 0 Å². The summed E-state index contributed by atoms with van der Waals surface area (Å²) in [7, 11) is 0. The first-order valence-electron chi connectivity index (χ1n) is 7.78. The molecule has 5 heteroatoms. The molecule has 0 saturated heterocycles. The van der Waals surface area contributed by atoms with E-state index < -0.39 is 0 Å². The van der Waals surface area contributed by atoms with Gasteiger partial charge < -0.3 is 0 Å². The average Bonchev–Trinajstić information content (AvgIpc) is 2.58. The van der Waals surface area contributed by atoms with Crippen molar-refractivity contribution in [3.8, 4) is 0 Å². The molecule has 2 aromatic carbocycles. The van der Waals surface area contributed by atoms with Crippen molar-refractivity contribution >= 4 is 25.5 Å². The van der Waals surface area contributed by atoms with E-state index in [1.54, 1.807) is 0 Å². The van der Waals surface area contributed by atoms with Crippen LogP contribution in [0.4, 0.5) is 0 Å². The molecule has 0 aliphatic carbocycles. The Labute approximate surface area is 149 Å². The summed E-state index contributed by atoms with van der Waals surface area (Å²) in [6, 6.07) is 19.2. The number of ketones is 1. The molecule has 0 spiro atoms. The minimum atomic E-state index is -0.266. The summed E-state index contributed by atoms with van der Waals surface area (Å²) in [5.41, 5.74) is 4.14. The van der Waals surface area contributed by atoms with Crippen LogP contribution in [0.25, 0.3) is 0 Å². The van der Waals surface area contributed by atoms with Crippen LogP contribution < -0.4 is 11.3 Å². The zero-order valence-electron chi connectivity index (χ0n) is 14.2. The van der Waals surface area contributed by atoms with E-state index in [-0.39, 0.29) is 31.1 Å². The minimum absolute atomic E-state index is 0.0960. The Balaban J connectivity index is 2.37. The second-order valence-electron chi connectivity index (χ2n) is 6.37. The zero-order chi connectivity index (χ0) is 17.6. The molecule has 0 heterocycles. The van der Waals surface area contributed by atoms with Crippen molar-refractivity contribution in [2.75, 3.05) is 0 Å².